The van der Waals surface area contributed by atoms with Gasteiger partial charge in [-0.05, 0) is 48.6 Å². The molecule has 3 aromatic carbocycles. The summed E-state index contributed by atoms with van der Waals surface area (Å²) in [5.74, 6) is -0.810. The van der Waals surface area contributed by atoms with Gasteiger partial charge in [0.05, 0.1) is 11.9 Å². The van der Waals surface area contributed by atoms with Gasteiger partial charge in [0.25, 0.3) is 0 Å². The quantitative estimate of drug-likeness (QED) is 0.299. The zero-order valence-corrected chi connectivity index (χ0v) is 25.1. The van der Waals surface area contributed by atoms with Gasteiger partial charge in [-0.1, -0.05) is 92.2 Å². The lowest BCUT2D eigenvalue weighted by molar-refractivity contribution is -0.140. The van der Waals surface area contributed by atoms with E-state index in [4.69, 9.17) is 11.6 Å². The second-order valence-corrected chi connectivity index (χ2v) is 12.2. The lowest BCUT2D eigenvalue weighted by Gasteiger charge is -2.34. The Morgan fingerprint density at radius 2 is 1.50 bits per heavy atom. The van der Waals surface area contributed by atoms with Crippen molar-refractivity contribution in [3.8, 4) is 0 Å². The van der Waals surface area contributed by atoms with E-state index >= 15 is 0 Å². The lowest BCUT2D eigenvalue weighted by Crippen LogP contribution is -2.54. The van der Waals surface area contributed by atoms with Gasteiger partial charge in [-0.2, -0.15) is 0 Å². The molecule has 9 heteroatoms. The Bertz CT molecular complexity index is 1400. The minimum Gasteiger partial charge on any atom is -0.352 e. The predicted molar refractivity (Wildman–Crippen MR) is 162 cm³/mol. The zero-order valence-electron chi connectivity index (χ0n) is 23.5. The fourth-order valence-corrected chi connectivity index (χ4v) is 5.53. The number of anilines is 1. The van der Waals surface area contributed by atoms with Crippen molar-refractivity contribution in [1.82, 2.24) is 10.2 Å². The SMILES string of the molecule is CCc1ccccc1N(CC(=O)N(Cc1ccccc1Cl)[C@H](Cc1ccccc1)C(=O)N[C@H](C)CC)S(C)(=O)=O. The minimum absolute atomic E-state index is 0.0387. The summed E-state index contributed by atoms with van der Waals surface area (Å²) in [6.07, 6.45) is 2.65. The first kappa shape index (κ1) is 31.2. The maximum absolute atomic E-state index is 14.2. The van der Waals surface area contributed by atoms with Gasteiger partial charge < -0.3 is 10.2 Å². The Hall–Kier alpha value is -3.36. The van der Waals surface area contributed by atoms with Crippen molar-refractivity contribution in [3.63, 3.8) is 0 Å². The predicted octanol–water partition coefficient (Wildman–Crippen LogP) is 5.22. The van der Waals surface area contributed by atoms with Crippen molar-refractivity contribution in [2.45, 2.75) is 58.7 Å². The Kier molecular flexibility index (Phi) is 11.2. The maximum atomic E-state index is 14.2. The molecule has 0 spiro atoms. The minimum atomic E-state index is -3.83. The number of nitrogens with zero attached hydrogens (tertiary/aromatic N) is 2. The molecule has 40 heavy (non-hydrogen) atoms. The summed E-state index contributed by atoms with van der Waals surface area (Å²) in [5, 5.41) is 3.48. The average molecular weight is 584 g/mol. The van der Waals surface area contributed by atoms with Crippen LogP contribution in [0.3, 0.4) is 0 Å². The van der Waals surface area contributed by atoms with E-state index < -0.39 is 28.5 Å². The van der Waals surface area contributed by atoms with Crippen molar-refractivity contribution >= 4 is 39.1 Å². The maximum Gasteiger partial charge on any atom is 0.244 e. The van der Waals surface area contributed by atoms with E-state index in [1.807, 2.05) is 69.3 Å². The number of nitrogens with one attached hydrogen (secondary N) is 1. The van der Waals surface area contributed by atoms with Crippen molar-refractivity contribution < 1.29 is 18.0 Å². The highest BCUT2D eigenvalue weighted by Gasteiger charge is 2.34. The summed E-state index contributed by atoms with van der Waals surface area (Å²) >= 11 is 6.49. The van der Waals surface area contributed by atoms with Crippen LogP contribution in [0.15, 0.2) is 78.9 Å². The van der Waals surface area contributed by atoms with Gasteiger partial charge >= 0.3 is 0 Å². The number of hydrogen-bond donors (Lipinski definition) is 1. The summed E-state index contributed by atoms with van der Waals surface area (Å²) in [6, 6.07) is 22.7. The molecule has 0 aliphatic heterocycles. The smallest absolute Gasteiger partial charge is 0.244 e. The Morgan fingerprint density at radius 1 is 0.900 bits per heavy atom. The van der Waals surface area contributed by atoms with Crippen LogP contribution in [-0.2, 0) is 39.0 Å². The Balaban J connectivity index is 2.09. The highest BCUT2D eigenvalue weighted by atomic mass is 35.5. The van der Waals surface area contributed by atoms with Gasteiger partial charge in [-0.15, -0.1) is 0 Å². The van der Waals surface area contributed by atoms with Crippen LogP contribution in [-0.4, -0.2) is 50.0 Å². The first-order valence-corrected chi connectivity index (χ1v) is 15.7. The third-order valence-corrected chi connectivity index (χ3v) is 8.39. The van der Waals surface area contributed by atoms with Gasteiger partial charge in [0, 0.05) is 24.0 Å². The van der Waals surface area contributed by atoms with Crippen LogP contribution in [0.5, 0.6) is 0 Å². The molecule has 3 aromatic rings. The van der Waals surface area contributed by atoms with Crippen LogP contribution in [0.25, 0.3) is 0 Å². The van der Waals surface area contributed by atoms with E-state index in [0.29, 0.717) is 22.7 Å². The van der Waals surface area contributed by atoms with Gasteiger partial charge in [-0.25, -0.2) is 8.42 Å². The van der Waals surface area contributed by atoms with Gasteiger partial charge in [0.2, 0.25) is 21.8 Å². The van der Waals surface area contributed by atoms with E-state index in [2.05, 4.69) is 5.32 Å². The van der Waals surface area contributed by atoms with Gasteiger partial charge in [-0.3, -0.25) is 13.9 Å². The molecule has 3 rings (SSSR count). The summed E-state index contributed by atoms with van der Waals surface area (Å²) in [7, 11) is -3.83. The van der Waals surface area contributed by atoms with E-state index in [0.717, 1.165) is 28.1 Å². The fourth-order valence-electron chi connectivity index (χ4n) is 4.45. The second kappa shape index (κ2) is 14.3. The highest BCUT2D eigenvalue weighted by molar-refractivity contribution is 7.92. The molecule has 0 saturated carbocycles. The lowest BCUT2D eigenvalue weighted by atomic mass is 10.0. The van der Waals surface area contributed by atoms with Gasteiger partial charge in [0.1, 0.15) is 12.6 Å². The molecule has 0 saturated heterocycles. The highest BCUT2D eigenvalue weighted by Crippen LogP contribution is 2.25. The molecule has 0 radical (unpaired) electrons. The third-order valence-electron chi connectivity index (χ3n) is 6.89. The van der Waals surface area contributed by atoms with Crippen molar-refractivity contribution in [2.75, 3.05) is 17.1 Å². The Morgan fingerprint density at radius 3 is 2.10 bits per heavy atom. The fraction of sp³-hybridized carbons (Fsp3) is 0.355. The molecule has 0 bridgehead atoms. The molecule has 0 unspecified atom stereocenters. The molecule has 0 aliphatic carbocycles. The number of para-hydroxylation sites is 1. The molecule has 0 aliphatic rings. The molecular formula is C31H38ClN3O4S. The standard InChI is InChI=1S/C31H38ClN3O4S/c1-5-23(3)33-31(37)29(20-24-14-8-7-9-15-24)34(21-26-17-10-12-18-27(26)32)30(36)22-35(40(4,38)39)28-19-13-11-16-25(28)6-2/h7-19,23,29H,5-6,20-22H2,1-4H3,(H,33,37)/t23-,29-/m1/s1. The van der Waals surface area contributed by atoms with Crippen molar-refractivity contribution in [2.24, 2.45) is 0 Å². The summed E-state index contributed by atoms with van der Waals surface area (Å²) in [5.41, 5.74) is 2.78. The Labute approximate surface area is 243 Å². The molecule has 2 amide bonds. The number of aryl methyl sites for hydroxylation is 1. The zero-order chi connectivity index (χ0) is 29.3. The van der Waals surface area contributed by atoms with Crippen LogP contribution >= 0.6 is 11.6 Å². The van der Waals surface area contributed by atoms with Crippen molar-refractivity contribution in [1.29, 1.82) is 0 Å². The molecule has 1 N–H and O–H groups in total. The first-order valence-electron chi connectivity index (χ1n) is 13.5. The van der Waals surface area contributed by atoms with Crippen LogP contribution in [0.2, 0.25) is 5.02 Å². The van der Waals surface area contributed by atoms with Crippen molar-refractivity contribution in [3.05, 3.63) is 101 Å². The van der Waals surface area contributed by atoms with Crippen LogP contribution in [0.4, 0.5) is 5.69 Å². The first-order chi connectivity index (χ1) is 19.0. The summed E-state index contributed by atoms with van der Waals surface area (Å²) in [4.78, 5) is 29.4. The van der Waals surface area contributed by atoms with Crippen LogP contribution in [0, 0.1) is 0 Å². The number of carbonyl (C=O) groups is 2. The molecule has 214 valence electrons. The second-order valence-electron chi connectivity index (χ2n) is 9.89. The number of hydrogen-bond acceptors (Lipinski definition) is 4. The number of carbonyl (C=O) groups excluding carboxylic acids is 2. The van der Waals surface area contributed by atoms with E-state index in [1.54, 1.807) is 30.3 Å². The molecule has 0 fully saturated rings. The van der Waals surface area contributed by atoms with Gasteiger partial charge in [0.15, 0.2) is 0 Å². The van der Waals surface area contributed by atoms with E-state index in [1.165, 1.54) is 4.90 Å². The van der Waals surface area contributed by atoms with Crippen LogP contribution in [0.1, 0.15) is 43.9 Å². The third kappa shape index (κ3) is 8.32. The number of amides is 2. The largest absolute Gasteiger partial charge is 0.352 e. The number of rotatable bonds is 13. The number of sulfonamides is 1. The summed E-state index contributed by atoms with van der Waals surface area (Å²) < 4.78 is 27.1. The topological polar surface area (TPSA) is 86.8 Å². The van der Waals surface area contributed by atoms with E-state index in [-0.39, 0.29) is 24.9 Å². The van der Waals surface area contributed by atoms with Crippen LogP contribution < -0.4 is 9.62 Å². The molecule has 2 atom stereocenters. The molecule has 0 aromatic heterocycles. The number of halogens is 1. The molecular weight excluding hydrogens is 546 g/mol. The molecule has 0 heterocycles. The number of benzene rings is 3. The summed E-state index contributed by atoms with van der Waals surface area (Å²) in [6.45, 7) is 5.39. The van der Waals surface area contributed by atoms with E-state index in [9.17, 15) is 18.0 Å². The monoisotopic (exact) mass is 583 g/mol. The normalized spacial score (nSPS) is 12.8. The molecule has 7 nitrogen and oxygen atoms in total. The average Bonchev–Trinajstić information content (AvgIpc) is 2.94.